The summed E-state index contributed by atoms with van der Waals surface area (Å²) in [6.07, 6.45) is 1.19. The number of hydrogen-bond acceptors (Lipinski definition) is 6. The Morgan fingerprint density at radius 2 is 2.07 bits per heavy atom. The van der Waals surface area contributed by atoms with Crippen molar-refractivity contribution in [3.05, 3.63) is 74.8 Å². The number of ether oxygens (including phenoxy) is 1. The number of hydrazone groups is 1. The van der Waals surface area contributed by atoms with E-state index in [4.69, 9.17) is 16.3 Å². The number of rotatable bonds is 5. The molecule has 0 aliphatic carbocycles. The zero-order valence-electron chi connectivity index (χ0n) is 14.5. The van der Waals surface area contributed by atoms with Gasteiger partial charge in [-0.3, -0.25) is 9.78 Å². The molecule has 0 spiro atoms. The smallest absolute Gasteiger partial charge is 0.270 e. The lowest BCUT2D eigenvalue weighted by molar-refractivity contribution is 0.386. The molecule has 0 saturated heterocycles. The fourth-order valence-electron chi connectivity index (χ4n) is 2.43. The van der Waals surface area contributed by atoms with Gasteiger partial charge in [-0.15, -0.1) is 0 Å². The molecule has 140 valence electrons. The molecule has 0 bridgehead atoms. The Bertz CT molecular complexity index is 1140. The summed E-state index contributed by atoms with van der Waals surface area (Å²) in [4.78, 5) is 18.8. The van der Waals surface area contributed by atoms with Gasteiger partial charge >= 0.3 is 0 Å². The molecule has 0 saturated carbocycles. The number of H-pyrrole nitrogens is 1. The first-order chi connectivity index (χ1) is 13.5. The van der Waals surface area contributed by atoms with Gasteiger partial charge in [0.1, 0.15) is 11.6 Å². The van der Waals surface area contributed by atoms with Crippen LogP contribution < -0.4 is 15.7 Å². The molecule has 0 radical (unpaired) electrons. The van der Waals surface area contributed by atoms with E-state index in [-0.39, 0.29) is 33.5 Å². The number of methoxy groups -OCH3 is 1. The summed E-state index contributed by atoms with van der Waals surface area (Å²) in [7, 11) is 1.31. The van der Waals surface area contributed by atoms with Gasteiger partial charge in [-0.25, -0.2) is 14.8 Å². The minimum Gasteiger partial charge on any atom is -0.492 e. The van der Waals surface area contributed by atoms with Crippen LogP contribution in [0.25, 0.3) is 11.3 Å². The number of nitrogens with one attached hydrogen (secondary N) is 2. The predicted octanol–water partition coefficient (Wildman–Crippen LogP) is 3.56. The van der Waals surface area contributed by atoms with Crippen molar-refractivity contribution in [3.63, 3.8) is 0 Å². The third-order valence-electron chi connectivity index (χ3n) is 3.74. The molecule has 0 aliphatic rings. The Balaban J connectivity index is 1.92. The molecule has 3 rings (SSSR count). The molecule has 9 heteroatoms. The van der Waals surface area contributed by atoms with Gasteiger partial charge in [0.25, 0.3) is 5.56 Å². The van der Waals surface area contributed by atoms with Gasteiger partial charge in [0.15, 0.2) is 11.6 Å². The SMILES string of the molecule is COc1c(Cl)ccc(C=NNc2nc(-c3ccccc3)c(C#N)c(=O)[nH]2)c1F. The summed E-state index contributed by atoms with van der Waals surface area (Å²) < 4.78 is 19.2. The van der Waals surface area contributed by atoms with Gasteiger partial charge in [0, 0.05) is 11.1 Å². The lowest BCUT2D eigenvalue weighted by Crippen LogP contribution is -2.16. The fraction of sp³-hybridized carbons (Fsp3) is 0.0526. The van der Waals surface area contributed by atoms with Gasteiger partial charge in [-0.2, -0.15) is 10.4 Å². The number of aromatic nitrogens is 2. The van der Waals surface area contributed by atoms with Crippen molar-refractivity contribution in [2.75, 3.05) is 12.5 Å². The van der Waals surface area contributed by atoms with Gasteiger partial charge in [-0.1, -0.05) is 41.9 Å². The maximum Gasteiger partial charge on any atom is 0.270 e. The molecule has 0 fully saturated rings. The van der Waals surface area contributed by atoms with Crippen molar-refractivity contribution in [1.29, 1.82) is 5.26 Å². The number of hydrogen-bond donors (Lipinski definition) is 2. The highest BCUT2D eigenvalue weighted by Gasteiger charge is 2.13. The third kappa shape index (κ3) is 3.84. The Labute approximate surface area is 164 Å². The maximum absolute atomic E-state index is 14.3. The molecule has 0 aliphatic heterocycles. The maximum atomic E-state index is 14.3. The topological polar surface area (TPSA) is 103 Å². The Morgan fingerprint density at radius 1 is 1.32 bits per heavy atom. The van der Waals surface area contributed by atoms with Crippen molar-refractivity contribution in [2.24, 2.45) is 5.10 Å². The molecule has 0 unspecified atom stereocenters. The van der Waals surface area contributed by atoms with E-state index in [1.807, 2.05) is 6.07 Å². The summed E-state index contributed by atoms with van der Waals surface area (Å²) in [5.74, 6) is -0.769. The van der Waals surface area contributed by atoms with Crippen molar-refractivity contribution < 1.29 is 9.13 Å². The Morgan fingerprint density at radius 3 is 2.75 bits per heavy atom. The van der Waals surface area contributed by atoms with Crippen LogP contribution in [0.1, 0.15) is 11.1 Å². The minimum absolute atomic E-state index is 0.000407. The minimum atomic E-state index is -0.674. The van der Waals surface area contributed by atoms with E-state index in [9.17, 15) is 14.4 Å². The number of nitrogens with zero attached hydrogens (tertiary/aromatic N) is 3. The highest BCUT2D eigenvalue weighted by Crippen LogP contribution is 2.29. The van der Waals surface area contributed by atoms with Crippen LogP contribution in [0.15, 0.2) is 52.4 Å². The highest BCUT2D eigenvalue weighted by atomic mass is 35.5. The monoisotopic (exact) mass is 397 g/mol. The van der Waals surface area contributed by atoms with Gasteiger partial charge in [0.2, 0.25) is 5.95 Å². The lowest BCUT2D eigenvalue weighted by Gasteiger charge is -2.07. The number of aromatic amines is 1. The zero-order chi connectivity index (χ0) is 20.1. The number of halogens is 2. The largest absolute Gasteiger partial charge is 0.492 e. The first-order valence-electron chi connectivity index (χ1n) is 7.96. The molecule has 1 heterocycles. The molecule has 2 aromatic carbocycles. The molecule has 3 aromatic rings. The zero-order valence-corrected chi connectivity index (χ0v) is 15.3. The first kappa shape index (κ1) is 19.1. The van der Waals surface area contributed by atoms with Crippen LogP contribution in [0.2, 0.25) is 5.02 Å². The van der Waals surface area contributed by atoms with Crippen LogP contribution in [0.5, 0.6) is 5.75 Å². The molecular formula is C19H13ClFN5O2. The lowest BCUT2D eigenvalue weighted by atomic mass is 10.1. The molecule has 28 heavy (non-hydrogen) atoms. The van der Waals surface area contributed by atoms with E-state index in [1.54, 1.807) is 30.3 Å². The third-order valence-corrected chi connectivity index (χ3v) is 4.03. The van der Waals surface area contributed by atoms with E-state index < -0.39 is 11.4 Å². The standard InChI is InChI=1S/C19H13ClFN5O2/c1-28-17-14(20)8-7-12(15(17)21)10-23-26-19-24-16(11-5-3-2-4-6-11)13(9-22)18(27)25-19/h2-8,10H,1H3,(H2,24,25,26,27). The van der Waals surface area contributed by atoms with E-state index in [0.717, 1.165) is 0 Å². The van der Waals surface area contributed by atoms with Gasteiger partial charge in [0.05, 0.1) is 24.0 Å². The first-order valence-corrected chi connectivity index (χ1v) is 8.34. The average Bonchev–Trinajstić information content (AvgIpc) is 2.70. The van der Waals surface area contributed by atoms with Crippen molar-refractivity contribution >= 4 is 23.8 Å². The average molecular weight is 398 g/mol. The summed E-state index contributed by atoms with van der Waals surface area (Å²) in [6.45, 7) is 0. The predicted molar refractivity (Wildman–Crippen MR) is 104 cm³/mol. The van der Waals surface area contributed by atoms with Crippen LogP contribution >= 0.6 is 11.6 Å². The number of nitriles is 1. The normalized spacial score (nSPS) is 10.6. The van der Waals surface area contributed by atoms with Gasteiger partial charge in [-0.05, 0) is 12.1 Å². The van der Waals surface area contributed by atoms with Gasteiger partial charge < -0.3 is 4.74 Å². The van der Waals surface area contributed by atoms with Crippen molar-refractivity contribution in [1.82, 2.24) is 9.97 Å². The van der Waals surface area contributed by atoms with E-state index in [0.29, 0.717) is 5.56 Å². The second-order valence-corrected chi connectivity index (χ2v) is 5.88. The second kappa shape index (κ2) is 8.33. The van der Waals surface area contributed by atoms with Crippen LogP contribution in [0.3, 0.4) is 0 Å². The fourth-order valence-corrected chi connectivity index (χ4v) is 2.66. The molecule has 0 amide bonds. The molecule has 1 aromatic heterocycles. The molecule has 0 atom stereocenters. The molecular weight excluding hydrogens is 385 g/mol. The van der Waals surface area contributed by atoms with Crippen molar-refractivity contribution in [3.8, 4) is 23.1 Å². The van der Waals surface area contributed by atoms with Crippen LogP contribution in [-0.2, 0) is 0 Å². The summed E-state index contributed by atoms with van der Waals surface area (Å²) in [6, 6.07) is 13.5. The summed E-state index contributed by atoms with van der Waals surface area (Å²) in [5.41, 5.74) is 2.73. The van der Waals surface area contributed by atoms with E-state index >= 15 is 0 Å². The van der Waals surface area contributed by atoms with E-state index in [2.05, 4.69) is 20.5 Å². The molecule has 7 nitrogen and oxygen atoms in total. The quantitative estimate of drug-likeness (QED) is 0.506. The summed E-state index contributed by atoms with van der Waals surface area (Å²) in [5, 5.41) is 13.3. The molecule has 2 N–H and O–H groups in total. The van der Waals surface area contributed by atoms with Crippen LogP contribution in [-0.4, -0.2) is 23.3 Å². The van der Waals surface area contributed by atoms with Crippen LogP contribution in [0.4, 0.5) is 10.3 Å². The summed E-state index contributed by atoms with van der Waals surface area (Å²) >= 11 is 5.85. The number of anilines is 1. The van der Waals surface area contributed by atoms with Crippen molar-refractivity contribution in [2.45, 2.75) is 0 Å². The van der Waals surface area contributed by atoms with E-state index in [1.165, 1.54) is 25.5 Å². The Hall–Kier alpha value is -3.70. The van der Waals surface area contributed by atoms with Crippen LogP contribution in [0, 0.1) is 17.1 Å². The second-order valence-electron chi connectivity index (χ2n) is 5.47. The number of benzene rings is 2. The Kier molecular flexibility index (Phi) is 5.67. The highest BCUT2D eigenvalue weighted by molar-refractivity contribution is 6.32.